The van der Waals surface area contributed by atoms with Gasteiger partial charge in [0.1, 0.15) is 6.10 Å². The standard InChI is InChI=1S/C22H29N3O3/c1-17-8-6-7-11-19(17)25-14-12-24(13-15-25)16-20(26)22(28-2)23-21(27)18-9-4-3-5-10-18/h3-11,20,22,26H,12-16H2,1-2H3,(H,23,27). The van der Waals surface area contributed by atoms with Crippen LogP contribution in [-0.4, -0.2) is 68.1 Å². The highest BCUT2D eigenvalue weighted by atomic mass is 16.5. The SMILES string of the molecule is COC(NC(=O)c1ccccc1)C(O)CN1CCN(c2ccccc2C)CC1. The molecule has 2 unspecified atom stereocenters. The van der Waals surface area contributed by atoms with Crippen molar-refractivity contribution in [1.29, 1.82) is 0 Å². The number of hydrogen-bond acceptors (Lipinski definition) is 5. The van der Waals surface area contributed by atoms with E-state index in [1.165, 1.54) is 18.4 Å². The van der Waals surface area contributed by atoms with Crippen molar-refractivity contribution in [3.05, 3.63) is 65.7 Å². The Hall–Kier alpha value is -2.41. The molecule has 1 aliphatic rings. The molecule has 2 atom stereocenters. The third kappa shape index (κ3) is 5.10. The van der Waals surface area contributed by atoms with Crippen LogP contribution >= 0.6 is 0 Å². The number of nitrogens with one attached hydrogen (secondary N) is 1. The molecule has 2 N–H and O–H groups in total. The maximum absolute atomic E-state index is 12.3. The number of ether oxygens (including phenoxy) is 1. The largest absolute Gasteiger partial charge is 0.387 e. The van der Waals surface area contributed by atoms with Crippen molar-refractivity contribution in [2.24, 2.45) is 0 Å². The molecule has 0 aromatic heterocycles. The van der Waals surface area contributed by atoms with Crippen LogP contribution in [0.25, 0.3) is 0 Å². The summed E-state index contributed by atoms with van der Waals surface area (Å²) in [5.41, 5.74) is 3.09. The van der Waals surface area contributed by atoms with E-state index in [0.29, 0.717) is 12.1 Å². The van der Waals surface area contributed by atoms with Gasteiger partial charge in [-0.2, -0.15) is 0 Å². The summed E-state index contributed by atoms with van der Waals surface area (Å²) in [5.74, 6) is -0.254. The number of aliphatic hydroxyl groups excluding tert-OH is 1. The van der Waals surface area contributed by atoms with E-state index in [1.807, 2.05) is 6.07 Å². The summed E-state index contributed by atoms with van der Waals surface area (Å²) in [7, 11) is 1.50. The lowest BCUT2D eigenvalue weighted by molar-refractivity contribution is -0.0417. The first-order chi connectivity index (χ1) is 13.6. The van der Waals surface area contributed by atoms with Gasteiger partial charge in [0.05, 0.1) is 0 Å². The average molecular weight is 383 g/mol. The third-order valence-corrected chi connectivity index (χ3v) is 5.19. The summed E-state index contributed by atoms with van der Waals surface area (Å²) in [6.07, 6.45) is -1.55. The van der Waals surface area contributed by atoms with Gasteiger partial charge < -0.3 is 20.1 Å². The Morgan fingerprint density at radius 1 is 1.07 bits per heavy atom. The third-order valence-electron chi connectivity index (χ3n) is 5.19. The van der Waals surface area contributed by atoms with Crippen molar-refractivity contribution in [3.63, 3.8) is 0 Å². The molecule has 1 fully saturated rings. The normalized spacial score (nSPS) is 17.2. The Kier molecular flexibility index (Phi) is 7.03. The Morgan fingerprint density at radius 2 is 1.71 bits per heavy atom. The zero-order valence-corrected chi connectivity index (χ0v) is 16.5. The first-order valence-corrected chi connectivity index (χ1v) is 9.68. The predicted octanol–water partition coefficient (Wildman–Crippen LogP) is 1.88. The van der Waals surface area contributed by atoms with Gasteiger partial charge in [-0.1, -0.05) is 36.4 Å². The van der Waals surface area contributed by atoms with Crippen molar-refractivity contribution in [3.8, 4) is 0 Å². The molecule has 1 saturated heterocycles. The van der Waals surface area contributed by atoms with Crippen molar-refractivity contribution < 1.29 is 14.6 Å². The van der Waals surface area contributed by atoms with Crippen molar-refractivity contribution in [1.82, 2.24) is 10.2 Å². The summed E-state index contributed by atoms with van der Waals surface area (Å²) < 4.78 is 5.33. The molecular formula is C22H29N3O3. The van der Waals surface area contributed by atoms with Gasteiger partial charge in [0.15, 0.2) is 6.23 Å². The number of nitrogens with zero attached hydrogens (tertiary/aromatic N) is 2. The number of piperazine rings is 1. The van der Waals surface area contributed by atoms with E-state index in [0.717, 1.165) is 26.2 Å². The van der Waals surface area contributed by atoms with Crippen molar-refractivity contribution in [2.75, 3.05) is 44.7 Å². The quantitative estimate of drug-likeness (QED) is 0.715. The predicted molar refractivity (Wildman–Crippen MR) is 111 cm³/mol. The summed E-state index contributed by atoms with van der Waals surface area (Å²) in [6, 6.07) is 17.3. The highest BCUT2D eigenvalue weighted by molar-refractivity contribution is 5.94. The Balaban J connectivity index is 1.50. The molecule has 150 valence electrons. The fourth-order valence-electron chi connectivity index (χ4n) is 3.56. The molecule has 2 aromatic rings. The van der Waals surface area contributed by atoms with Crippen LogP contribution in [0.2, 0.25) is 0 Å². The van der Waals surface area contributed by atoms with Crippen molar-refractivity contribution >= 4 is 11.6 Å². The van der Waals surface area contributed by atoms with E-state index >= 15 is 0 Å². The van der Waals surface area contributed by atoms with Gasteiger partial charge >= 0.3 is 0 Å². The molecule has 2 aromatic carbocycles. The van der Waals surface area contributed by atoms with Gasteiger partial charge in [-0.3, -0.25) is 9.69 Å². The van der Waals surface area contributed by atoms with E-state index in [2.05, 4.69) is 46.3 Å². The Labute approximate surface area is 166 Å². The number of aryl methyl sites for hydroxylation is 1. The van der Waals surface area contributed by atoms with Gasteiger partial charge in [0, 0.05) is 51.1 Å². The summed E-state index contributed by atoms with van der Waals surface area (Å²) in [4.78, 5) is 16.9. The number of hydrogen-bond donors (Lipinski definition) is 2. The molecular weight excluding hydrogens is 354 g/mol. The number of anilines is 1. The monoisotopic (exact) mass is 383 g/mol. The molecule has 0 aliphatic carbocycles. The van der Waals surface area contributed by atoms with Crippen LogP contribution < -0.4 is 10.2 Å². The van der Waals surface area contributed by atoms with E-state index in [9.17, 15) is 9.90 Å². The van der Waals surface area contributed by atoms with Gasteiger partial charge in [-0.05, 0) is 30.7 Å². The van der Waals surface area contributed by atoms with Crippen LogP contribution in [0, 0.1) is 6.92 Å². The fraction of sp³-hybridized carbons (Fsp3) is 0.409. The lowest BCUT2D eigenvalue weighted by Crippen LogP contribution is -2.53. The van der Waals surface area contributed by atoms with E-state index in [1.54, 1.807) is 24.3 Å². The number of benzene rings is 2. The second kappa shape index (κ2) is 9.68. The first kappa shape index (κ1) is 20.3. The minimum absolute atomic E-state index is 0.254. The number of carbonyl (C=O) groups is 1. The van der Waals surface area contributed by atoms with Gasteiger partial charge in [-0.15, -0.1) is 0 Å². The Morgan fingerprint density at radius 3 is 2.36 bits per heavy atom. The molecule has 0 bridgehead atoms. The zero-order chi connectivity index (χ0) is 19.9. The molecule has 1 aliphatic heterocycles. The number of para-hydroxylation sites is 1. The maximum atomic E-state index is 12.3. The number of amides is 1. The number of rotatable bonds is 7. The summed E-state index contributed by atoms with van der Waals surface area (Å²) in [6.45, 7) is 6.11. The van der Waals surface area contributed by atoms with E-state index in [-0.39, 0.29) is 5.91 Å². The zero-order valence-electron chi connectivity index (χ0n) is 16.5. The van der Waals surface area contributed by atoms with Crippen LogP contribution in [-0.2, 0) is 4.74 Å². The van der Waals surface area contributed by atoms with Gasteiger partial charge in [-0.25, -0.2) is 0 Å². The molecule has 0 spiro atoms. The van der Waals surface area contributed by atoms with Gasteiger partial charge in [0.25, 0.3) is 5.91 Å². The fourth-order valence-corrected chi connectivity index (χ4v) is 3.56. The van der Waals surface area contributed by atoms with Crippen LogP contribution in [0.5, 0.6) is 0 Å². The maximum Gasteiger partial charge on any atom is 0.253 e. The lowest BCUT2D eigenvalue weighted by atomic mass is 10.1. The molecule has 0 saturated carbocycles. The van der Waals surface area contributed by atoms with Crippen LogP contribution in [0.4, 0.5) is 5.69 Å². The highest BCUT2D eigenvalue weighted by Crippen LogP contribution is 2.20. The van der Waals surface area contributed by atoms with Crippen molar-refractivity contribution in [2.45, 2.75) is 19.3 Å². The number of aliphatic hydroxyl groups is 1. The molecule has 1 heterocycles. The smallest absolute Gasteiger partial charge is 0.253 e. The van der Waals surface area contributed by atoms with Gasteiger partial charge in [0.2, 0.25) is 0 Å². The molecule has 3 rings (SSSR count). The topological polar surface area (TPSA) is 65.0 Å². The highest BCUT2D eigenvalue weighted by Gasteiger charge is 2.26. The average Bonchev–Trinajstić information content (AvgIpc) is 2.73. The minimum atomic E-state index is -0.803. The molecule has 1 amide bonds. The lowest BCUT2D eigenvalue weighted by Gasteiger charge is -2.38. The Bertz CT molecular complexity index is 761. The second-order valence-corrected chi connectivity index (χ2v) is 7.14. The number of β-amino-alcohol motifs (C(OH)–C–C–N with tert-alkyl or cyclic N) is 1. The summed E-state index contributed by atoms with van der Waals surface area (Å²) >= 11 is 0. The molecule has 28 heavy (non-hydrogen) atoms. The number of carbonyl (C=O) groups excluding carboxylic acids is 1. The molecule has 6 nitrogen and oxygen atoms in total. The van der Waals surface area contributed by atoms with Crippen LogP contribution in [0.15, 0.2) is 54.6 Å². The second-order valence-electron chi connectivity index (χ2n) is 7.14. The molecule has 0 radical (unpaired) electrons. The molecule has 6 heteroatoms. The first-order valence-electron chi connectivity index (χ1n) is 9.68. The minimum Gasteiger partial charge on any atom is -0.387 e. The summed E-state index contributed by atoms with van der Waals surface area (Å²) in [5, 5.41) is 13.4. The van der Waals surface area contributed by atoms with Crippen LogP contribution in [0.1, 0.15) is 15.9 Å². The number of methoxy groups -OCH3 is 1. The van der Waals surface area contributed by atoms with Crippen LogP contribution in [0.3, 0.4) is 0 Å². The van der Waals surface area contributed by atoms with E-state index < -0.39 is 12.3 Å². The van der Waals surface area contributed by atoms with E-state index in [4.69, 9.17) is 4.74 Å².